The first-order valence-corrected chi connectivity index (χ1v) is 12.5. The van der Waals surface area contributed by atoms with Gasteiger partial charge >= 0.3 is 5.97 Å². The van der Waals surface area contributed by atoms with Gasteiger partial charge in [0.1, 0.15) is 42.0 Å². The van der Waals surface area contributed by atoms with Gasteiger partial charge in [-0.3, -0.25) is 9.59 Å². The second-order valence-corrected chi connectivity index (χ2v) is 9.86. The molecule has 0 aliphatic carbocycles. The summed E-state index contributed by atoms with van der Waals surface area (Å²) < 4.78 is 27.2. The van der Waals surface area contributed by atoms with Gasteiger partial charge in [0.05, 0.1) is 7.11 Å². The van der Waals surface area contributed by atoms with Crippen molar-refractivity contribution < 1.29 is 63.9 Å². The zero-order chi connectivity index (χ0) is 30.2. The smallest absolute Gasteiger partial charge is 0.306 e. The van der Waals surface area contributed by atoms with Crippen LogP contribution in [0.3, 0.4) is 0 Å². The fraction of sp³-hybridized carbons (Fsp3) is 0.407. The van der Waals surface area contributed by atoms with Crippen LogP contribution in [0.25, 0.3) is 22.3 Å². The van der Waals surface area contributed by atoms with Crippen molar-refractivity contribution in [1.29, 1.82) is 0 Å². The summed E-state index contributed by atoms with van der Waals surface area (Å²) in [4.78, 5) is 24.9. The van der Waals surface area contributed by atoms with Gasteiger partial charge in [0.2, 0.25) is 23.2 Å². The molecule has 1 saturated heterocycles. The maximum Gasteiger partial charge on any atom is 0.306 e. The average molecular weight is 579 g/mol. The summed E-state index contributed by atoms with van der Waals surface area (Å²) >= 11 is 0. The first-order valence-electron chi connectivity index (χ1n) is 12.5. The summed E-state index contributed by atoms with van der Waals surface area (Å²) in [6.07, 6.45) is -8.14. The van der Waals surface area contributed by atoms with Crippen LogP contribution in [-0.2, 0) is 14.3 Å². The van der Waals surface area contributed by atoms with Crippen molar-refractivity contribution in [1.82, 2.24) is 0 Å². The third-order valence-electron chi connectivity index (χ3n) is 6.39. The van der Waals surface area contributed by atoms with Crippen LogP contribution < -0.4 is 14.9 Å². The predicted molar refractivity (Wildman–Crippen MR) is 139 cm³/mol. The number of aliphatic hydroxyl groups is 3. The van der Waals surface area contributed by atoms with Gasteiger partial charge in [-0.05, 0) is 24.1 Å². The fourth-order valence-electron chi connectivity index (χ4n) is 4.27. The number of benzene rings is 2. The summed E-state index contributed by atoms with van der Waals surface area (Å²) in [6.45, 7) is 3.16. The van der Waals surface area contributed by atoms with Gasteiger partial charge in [0, 0.05) is 18.1 Å². The van der Waals surface area contributed by atoms with Crippen LogP contribution >= 0.6 is 0 Å². The minimum absolute atomic E-state index is 0.00702. The van der Waals surface area contributed by atoms with Crippen molar-refractivity contribution >= 4 is 16.9 Å². The molecule has 14 nitrogen and oxygen atoms in total. The quantitative estimate of drug-likeness (QED) is 0.147. The predicted octanol–water partition coefficient (Wildman–Crippen LogP) is 1.07. The fourth-order valence-corrected chi connectivity index (χ4v) is 4.27. The molecule has 1 aliphatic rings. The van der Waals surface area contributed by atoms with Crippen LogP contribution in [0.15, 0.2) is 33.5 Å². The molecular weight excluding hydrogens is 548 g/mol. The number of rotatable bonds is 8. The SMILES string of the molecule is COc1c(O[C@@H]2O[C@@H](COC(=O)CC(C)C)[C@@H](O)[C@H](O)[C@H]2O)cc2oc(-c3ccc(O)c(O)c3)c(O)c(=O)c2c1O. The molecule has 14 heteroatoms. The van der Waals surface area contributed by atoms with E-state index in [-0.39, 0.29) is 29.2 Å². The number of aliphatic hydroxyl groups excluding tert-OH is 3. The first-order chi connectivity index (χ1) is 19.3. The number of aromatic hydroxyl groups is 4. The van der Waals surface area contributed by atoms with Gasteiger partial charge in [-0.15, -0.1) is 0 Å². The minimum Gasteiger partial charge on any atom is -0.504 e. The van der Waals surface area contributed by atoms with E-state index in [1.54, 1.807) is 0 Å². The summed E-state index contributed by atoms with van der Waals surface area (Å²) in [6, 6.07) is 4.48. The highest BCUT2D eigenvalue weighted by atomic mass is 16.7. The number of carbonyl (C=O) groups is 1. The van der Waals surface area contributed by atoms with Crippen LogP contribution in [0.5, 0.6) is 34.5 Å². The van der Waals surface area contributed by atoms with E-state index in [1.807, 2.05) is 13.8 Å². The second kappa shape index (κ2) is 11.7. The van der Waals surface area contributed by atoms with E-state index in [2.05, 4.69) is 0 Å². The van der Waals surface area contributed by atoms with Crippen molar-refractivity contribution in [3.8, 4) is 45.8 Å². The Morgan fingerprint density at radius 1 is 0.976 bits per heavy atom. The van der Waals surface area contributed by atoms with E-state index in [4.69, 9.17) is 23.4 Å². The van der Waals surface area contributed by atoms with Crippen LogP contribution in [-0.4, -0.2) is 86.1 Å². The van der Waals surface area contributed by atoms with Crippen LogP contribution in [0.4, 0.5) is 0 Å². The maximum absolute atomic E-state index is 13.0. The number of esters is 1. The van der Waals surface area contributed by atoms with Gasteiger partial charge in [-0.25, -0.2) is 0 Å². The van der Waals surface area contributed by atoms with Gasteiger partial charge in [0.15, 0.2) is 28.8 Å². The Labute approximate surface area is 232 Å². The number of fused-ring (bicyclic) bond motifs is 1. The molecule has 0 saturated carbocycles. The number of carbonyl (C=O) groups excluding carboxylic acids is 1. The lowest BCUT2D eigenvalue weighted by Crippen LogP contribution is -2.60. The van der Waals surface area contributed by atoms with Crippen LogP contribution in [0.1, 0.15) is 20.3 Å². The summed E-state index contributed by atoms with van der Waals surface area (Å²) in [5.41, 5.74) is -1.38. The van der Waals surface area contributed by atoms with E-state index in [9.17, 15) is 45.3 Å². The Kier molecular flexibility index (Phi) is 8.49. The molecule has 0 unspecified atom stereocenters. The van der Waals surface area contributed by atoms with Crippen molar-refractivity contribution in [3.63, 3.8) is 0 Å². The van der Waals surface area contributed by atoms with E-state index in [0.717, 1.165) is 25.3 Å². The number of hydrogen-bond donors (Lipinski definition) is 7. The molecule has 0 radical (unpaired) electrons. The Morgan fingerprint density at radius 2 is 1.68 bits per heavy atom. The summed E-state index contributed by atoms with van der Waals surface area (Å²) in [5, 5.41) is 71.5. The normalized spacial score (nSPS) is 22.6. The molecule has 3 aromatic rings. The lowest BCUT2D eigenvalue weighted by atomic mass is 9.99. The van der Waals surface area contributed by atoms with E-state index >= 15 is 0 Å². The standard InChI is InChI=1S/C27H30O14/c1-10(2)6-17(30)38-9-16-19(31)22(34)24(36)27(41-16)40-15-8-14-18(21(33)26(15)37-3)20(32)23(35)25(39-14)11-4-5-12(28)13(29)7-11/h4-5,7-8,10,16,19,22,24,27-29,31,33-36H,6,9H2,1-3H3/t16-,19+,22-,24+,27+/m0/s1. The molecule has 0 spiro atoms. The lowest BCUT2D eigenvalue weighted by Gasteiger charge is -2.40. The molecular formula is C27H30O14. The molecule has 2 aromatic carbocycles. The molecule has 2 heterocycles. The number of hydrogen-bond acceptors (Lipinski definition) is 14. The Bertz CT molecular complexity index is 1500. The average Bonchev–Trinajstić information content (AvgIpc) is 2.91. The van der Waals surface area contributed by atoms with E-state index < -0.39 is 88.6 Å². The molecule has 41 heavy (non-hydrogen) atoms. The summed E-state index contributed by atoms with van der Waals surface area (Å²) in [7, 11) is 1.14. The highest BCUT2D eigenvalue weighted by molar-refractivity contribution is 5.91. The number of methoxy groups -OCH3 is 1. The molecule has 0 amide bonds. The highest BCUT2D eigenvalue weighted by Crippen LogP contribution is 2.45. The molecule has 5 atom stereocenters. The Balaban J connectivity index is 1.71. The zero-order valence-corrected chi connectivity index (χ0v) is 22.2. The largest absolute Gasteiger partial charge is 0.504 e. The molecule has 7 N–H and O–H groups in total. The summed E-state index contributed by atoms with van der Waals surface area (Å²) in [5.74, 6) is -4.44. The first kappa shape index (κ1) is 29.7. The molecule has 1 aromatic heterocycles. The highest BCUT2D eigenvalue weighted by Gasteiger charge is 2.46. The van der Waals surface area contributed by atoms with Gasteiger partial charge in [0.25, 0.3) is 0 Å². The van der Waals surface area contributed by atoms with E-state index in [1.165, 1.54) is 6.07 Å². The van der Waals surface area contributed by atoms with Gasteiger partial charge in [-0.1, -0.05) is 13.8 Å². The van der Waals surface area contributed by atoms with Crippen LogP contribution in [0, 0.1) is 5.92 Å². The van der Waals surface area contributed by atoms with Crippen molar-refractivity contribution in [2.75, 3.05) is 13.7 Å². The topological polar surface area (TPSA) is 226 Å². The van der Waals surface area contributed by atoms with Crippen LogP contribution in [0.2, 0.25) is 0 Å². The van der Waals surface area contributed by atoms with Crippen molar-refractivity contribution in [3.05, 3.63) is 34.5 Å². The lowest BCUT2D eigenvalue weighted by molar-refractivity contribution is -0.278. The Hall–Kier alpha value is -4.24. The maximum atomic E-state index is 13.0. The molecule has 1 aliphatic heterocycles. The molecule has 222 valence electrons. The minimum atomic E-state index is -1.82. The number of ether oxygens (including phenoxy) is 4. The second-order valence-electron chi connectivity index (χ2n) is 9.86. The zero-order valence-electron chi connectivity index (χ0n) is 22.2. The molecule has 1 fully saturated rings. The number of phenolic OH excluding ortho intramolecular Hbond substituents is 3. The van der Waals surface area contributed by atoms with E-state index in [0.29, 0.717) is 0 Å². The third-order valence-corrected chi connectivity index (χ3v) is 6.39. The van der Waals surface area contributed by atoms with Gasteiger partial charge in [-0.2, -0.15) is 0 Å². The third kappa shape index (κ3) is 5.81. The van der Waals surface area contributed by atoms with Crippen molar-refractivity contribution in [2.24, 2.45) is 5.92 Å². The molecule has 0 bridgehead atoms. The number of phenols is 3. The monoisotopic (exact) mass is 578 g/mol. The Morgan fingerprint density at radius 3 is 2.32 bits per heavy atom. The van der Waals surface area contributed by atoms with Gasteiger partial charge < -0.3 is 59.1 Å². The molecule has 4 rings (SSSR count). The van der Waals surface area contributed by atoms with Crippen molar-refractivity contribution in [2.45, 2.75) is 51.0 Å².